The van der Waals surface area contributed by atoms with Gasteiger partial charge < -0.3 is 5.11 Å². The number of aromatic nitrogens is 1. The lowest BCUT2D eigenvalue weighted by molar-refractivity contribution is -0.130. The molecule has 12 heavy (non-hydrogen) atoms. The first-order valence-corrected chi connectivity index (χ1v) is 3.46. The summed E-state index contributed by atoms with van der Waals surface area (Å²) in [5.74, 6) is -1.01. The molecule has 0 atom stereocenters. The van der Waals surface area contributed by atoms with Crippen LogP contribution in [0.15, 0.2) is 25.0 Å². The fraction of sp³-hybridized carbons (Fsp3) is 0.111. The number of pyridine rings is 1. The van der Waals surface area contributed by atoms with Gasteiger partial charge >= 0.3 is 5.97 Å². The second kappa shape index (κ2) is 3.17. The van der Waals surface area contributed by atoms with Crippen LogP contribution < -0.4 is 0 Å². The van der Waals surface area contributed by atoms with Crippen molar-refractivity contribution in [1.29, 1.82) is 0 Å². The zero-order valence-electron chi connectivity index (χ0n) is 6.74. The average molecular weight is 163 g/mol. The topological polar surface area (TPSA) is 50.2 Å². The van der Waals surface area contributed by atoms with E-state index in [-0.39, 0.29) is 5.57 Å². The van der Waals surface area contributed by atoms with Gasteiger partial charge in [-0.15, -0.1) is 0 Å². The van der Waals surface area contributed by atoms with Crippen LogP contribution in [0.1, 0.15) is 11.1 Å². The van der Waals surface area contributed by atoms with Crippen LogP contribution in [0, 0.1) is 6.92 Å². The highest BCUT2D eigenvalue weighted by Gasteiger charge is 2.08. The highest BCUT2D eigenvalue weighted by Crippen LogP contribution is 2.14. The van der Waals surface area contributed by atoms with Crippen LogP contribution in [0.4, 0.5) is 0 Å². The molecule has 0 saturated carbocycles. The average Bonchev–Trinajstić information content (AvgIpc) is 2.04. The number of nitrogens with zero attached hydrogens (tertiary/aromatic N) is 1. The molecule has 62 valence electrons. The summed E-state index contributed by atoms with van der Waals surface area (Å²) in [7, 11) is 0. The molecule has 0 amide bonds. The maximum Gasteiger partial charge on any atom is 0.335 e. The number of hydrogen-bond donors (Lipinski definition) is 1. The summed E-state index contributed by atoms with van der Waals surface area (Å²) < 4.78 is 0. The van der Waals surface area contributed by atoms with E-state index in [0.717, 1.165) is 5.56 Å². The highest BCUT2D eigenvalue weighted by atomic mass is 16.4. The Labute approximate surface area is 70.4 Å². The van der Waals surface area contributed by atoms with Crippen LogP contribution in [0.3, 0.4) is 0 Å². The molecule has 0 aliphatic rings. The zero-order valence-corrected chi connectivity index (χ0v) is 6.74. The van der Waals surface area contributed by atoms with Crippen LogP contribution in [0.25, 0.3) is 5.57 Å². The van der Waals surface area contributed by atoms with Crippen LogP contribution >= 0.6 is 0 Å². The summed E-state index contributed by atoms with van der Waals surface area (Å²) in [6.45, 7) is 5.27. The fourth-order valence-corrected chi connectivity index (χ4v) is 0.895. The Bertz CT molecular complexity index is 331. The summed E-state index contributed by atoms with van der Waals surface area (Å²) in [5.41, 5.74) is 1.54. The van der Waals surface area contributed by atoms with Gasteiger partial charge in [-0.3, -0.25) is 4.98 Å². The number of rotatable bonds is 2. The number of carboxylic acids is 1. The molecular formula is C9H9NO2. The van der Waals surface area contributed by atoms with Crippen molar-refractivity contribution in [2.24, 2.45) is 0 Å². The largest absolute Gasteiger partial charge is 0.478 e. The van der Waals surface area contributed by atoms with Crippen molar-refractivity contribution in [1.82, 2.24) is 4.98 Å². The van der Waals surface area contributed by atoms with Crippen molar-refractivity contribution < 1.29 is 9.90 Å². The second-order valence-corrected chi connectivity index (χ2v) is 2.47. The van der Waals surface area contributed by atoms with Crippen LogP contribution in [-0.4, -0.2) is 16.1 Å². The number of carboxylic acid groups (broad SMARTS) is 1. The Balaban J connectivity index is 3.11. The highest BCUT2D eigenvalue weighted by molar-refractivity contribution is 6.14. The van der Waals surface area contributed by atoms with Gasteiger partial charge in [-0.2, -0.15) is 0 Å². The van der Waals surface area contributed by atoms with Crippen LogP contribution in [0.2, 0.25) is 0 Å². The van der Waals surface area contributed by atoms with E-state index < -0.39 is 5.97 Å². The Morgan fingerprint density at radius 2 is 2.33 bits per heavy atom. The molecule has 0 spiro atoms. The number of carbonyl (C=O) groups is 1. The maximum absolute atomic E-state index is 10.5. The van der Waals surface area contributed by atoms with Gasteiger partial charge in [-0.05, 0) is 18.6 Å². The Morgan fingerprint density at radius 3 is 2.83 bits per heavy atom. The standard InChI is InChI=1S/C9H9NO2/c1-6-3-4-10-5-8(6)7(2)9(11)12/h3-5H,2H2,1H3,(H,11,12). The minimum atomic E-state index is -1.01. The summed E-state index contributed by atoms with van der Waals surface area (Å²) in [5, 5.41) is 8.63. The Hall–Kier alpha value is -1.64. The molecule has 3 heteroatoms. The molecule has 1 N–H and O–H groups in total. The lowest BCUT2D eigenvalue weighted by Gasteiger charge is -2.02. The summed E-state index contributed by atoms with van der Waals surface area (Å²) >= 11 is 0. The van der Waals surface area contributed by atoms with Crippen molar-refractivity contribution in [2.75, 3.05) is 0 Å². The molecule has 1 heterocycles. The molecule has 0 saturated heterocycles. The summed E-state index contributed by atoms with van der Waals surface area (Å²) in [4.78, 5) is 14.3. The normalized spacial score (nSPS) is 9.42. The van der Waals surface area contributed by atoms with Crippen molar-refractivity contribution in [3.8, 4) is 0 Å². The lowest BCUT2D eigenvalue weighted by Crippen LogP contribution is -2.00. The van der Waals surface area contributed by atoms with Gasteiger partial charge in [0.1, 0.15) is 0 Å². The smallest absolute Gasteiger partial charge is 0.335 e. The Morgan fingerprint density at radius 1 is 1.67 bits per heavy atom. The minimum Gasteiger partial charge on any atom is -0.478 e. The first kappa shape index (κ1) is 8.46. The quantitative estimate of drug-likeness (QED) is 0.672. The van der Waals surface area contributed by atoms with Gasteiger partial charge in [0.2, 0.25) is 0 Å². The molecule has 0 aromatic carbocycles. The molecule has 1 rings (SSSR count). The van der Waals surface area contributed by atoms with E-state index in [0.29, 0.717) is 5.56 Å². The number of aliphatic carboxylic acids is 1. The van der Waals surface area contributed by atoms with E-state index in [1.54, 1.807) is 12.3 Å². The molecule has 0 radical (unpaired) electrons. The van der Waals surface area contributed by atoms with Crippen molar-refractivity contribution >= 4 is 11.5 Å². The van der Waals surface area contributed by atoms with Crippen molar-refractivity contribution in [2.45, 2.75) is 6.92 Å². The van der Waals surface area contributed by atoms with Gasteiger partial charge in [0.05, 0.1) is 5.57 Å². The predicted octanol–water partition coefficient (Wildman–Crippen LogP) is 1.49. The first-order valence-electron chi connectivity index (χ1n) is 3.46. The molecule has 0 aliphatic carbocycles. The third-order valence-electron chi connectivity index (χ3n) is 1.62. The molecule has 0 unspecified atom stereocenters. The predicted molar refractivity (Wildman–Crippen MR) is 45.6 cm³/mol. The first-order chi connectivity index (χ1) is 5.63. The summed E-state index contributed by atoms with van der Waals surface area (Å²) in [6, 6.07) is 1.75. The number of hydrogen-bond acceptors (Lipinski definition) is 2. The molecular weight excluding hydrogens is 154 g/mol. The summed E-state index contributed by atoms with van der Waals surface area (Å²) in [6.07, 6.45) is 3.12. The molecule has 1 aromatic rings. The lowest BCUT2D eigenvalue weighted by atomic mass is 10.1. The van der Waals surface area contributed by atoms with Crippen LogP contribution in [-0.2, 0) is 4.79 Å². The SMILES string of the molecule is C=C(C(=O)O)c1cnccc1C. The molecule has 0 bridgehead atoms. The van der Waals surface area contributed by atoms with Gasteiger partial charge in [0.15, 0.2) is 0 Å². The van der Waals surface area contributed by atoms with Crippen molar-refractivity contribution in [3.63, 3.8) is 0 Å². The third kappa shape index (κ3) is 1.50. The van der Waals surface area contributed by atoms with E-state index in [1.807, 2.05) is 6.92 Å². The zero-order chi connectivity index (χ0) is 9.14. The van der Waals surface area contributed by atoms with Gasteiger partial charge in [0.25, 0.3) is 0 Å². The van der Waals surface area contributed by atoms with E-state index >= 15 is 0 Å². The minimum absolute atomic E-state index is 0.0839. The van der Waals surface area contributed by atoms with Crippen LogP contribution in [0.5, 0.6) is 0 Å². The van der Waals surface area contributed by atoms with E-state index in [1.165, 1.54) is 6.20 Å². The monoisotopic (exact) mass is 163 g/mol. The van der Waals surface area contributed by atoms with E-state index in [4.69, 9.17) is 5.11 Å². The van der Waals surface area contributed by atoms with E-state index in [2.05, 4.69) is 11.6 Å². The number of aryl methyl sites for hydroxylation is 1. The molecule has 0 aliphatic heterocycles. The maximum atomic E-state index is 10.5. The second-order valence-electron chi connectivity index (χ2n) is 2.47. The van der Waals surface area contributed by atoms with Gasteiger partial charge in [-0.25, -0.2) is 4.79 Å². The Kier molecular flexibility index (Phi) is 2.24. The molecule has 0 fully saturated rings. The van der Waals surface area contributed by atoms with Gasteiger partial charge in [-0.1, -0.05) is 6.58 Å². The van der Waals surface area contributed by atoms with E-state index in [9.17, 15) is 4.79 Å². The third-order valence-corrected chi connectivity index (χ3v) is 1.62. The molecule has 3 nitrogen and oxygen atoms in total. The van der Waals surface area contributed by atoms with Gasteiger partial charge in [0, 0.05) is 18.0 Å². The molecule has 1 aromatic heterocycles. The fourth-order valence-electron chi connectivity index (χ4n) is 0.895. The van der Waals surface area contributed by atoms with Crippen molar-refractivity contribution in [3.05, 3.63) is 36.2 Å².